The van der Waals surface area contributed by atoms with Crippen LogP contribution in [-0.4, -0.2) is 43.3 Å². The third kappa shape index (κ3) is 7.36. The summed E-state index contributed by atoms with van der Waals surface area (Å²) in [5.41, 5.74) is 1.49. The van der Waals surface area contributed by atoms with Gasteiger partial charge in [-0.05, 0) is 64.4 Å². The van der Waals surface area contributed by atoms with Gasteiger partial charge in [-0.15, -0.1) is 0 Å². The van der Waals surface area contributed by atoms with Crippen LogP contribution in [0.3, 0.4) is 0 Å². The lowest BCUT2D eigenvalue weighted by atomic mass is 10.1. The van der Waals surface area contributed by atoms with Gasteiger partial charge in [-0.25, -0.2) is 8.42 Å². The van der Waals surface area contributed by atoms with E-state index in [0.717, 1.165) is 15.4 Å². The van der Waals surface area contributed by atoms with Gasteiger partial charge in [0.25, 0.3) is 10.0 Å². The first kappa shape index (κ1) is 29.2. The van der Waals surface area contributed by atoms with Crippen molar-refractivity contribution in [2.45, 2.75) is 57.6 Å². The summed E-state index contributed by atoms with van der Waals surface area (Å²) in [7, 11) is -4.16. The van der Waals surface area contributed by atoms with Gasteiger partial charge in [0.15, 0.2) is 0 Å². The Morgan fingerprint density at radius 1 is 0.947 bits per heavy atom. The zero-order valence-corrected chi connectivity index (χ0v) is 23.9. The number of hydrogen-bond donors (Lipinski definition) is 1. The van der Waals surface area contributed by atoms with E-state index < -0.39 is 34.1 Å². The Hall–Kier alpha value is -3.36. The van der Waals surface area contributed by atoms with Crippen LogP contribution in [-0.2, 0) is 26.2 Å². The summed E-state index contributed by atoms with van der Waals surface area (Å²) in [5.74, 6) is -0.879. The molecule has 7 nitrogen and oxygen atoms in total. The fourth-order valence-electron chi connectivity index (χ4n) is 3.95. The molecule has 0 aliphatic rings. The molecule has 1 N–H and O–H groups in total. The van der Waals surface area contributed by atoms with Crippen LogP contribution < -0.4 is 9.62 Å². The Balaban J connectivity index is 2.04. The fraction of sp³-hybridized carbons (Fsp3) is 0.310. The lowest BCUT2D eigenvalue weighted by Crippen LogP contribution is -2.54. The molecule has 0 radical (unpaired) electrons. The maximum absolute atomic E-state index is 13.9. The molecule has 0 spiro atoms. The second kappa shape index (κ2) is 12.0. The first-order chi connectivity index (χ1) is 17.8. The maximum Gasteiger partial charge on any atom is 0.264 e. The highest BCUT2D eigenvalue weighted by molar-refractivity contribution is 7.92. The quantitative estimate of drug-likeness (QED) is 0.394. The molecule has 0 aromatic heterocycles. The minimum atomic E-state index is -4.16. The van der Waals surface area contributed by atoms with E-state index in [0.29, 0.717) is 0 Å². The van der Waals surface area contributed by atoms with E-state index in [4.69, 9.17) is 11.6 Å². The van der Waals surface area contributed by atoms with Crippen LogP contribution >= 0.6 is 11.6 Å². The monoisotopic (exact) mass is 555 g/mol. The largest absolute Gasteiger partial charge is 0.350 e. The van der Waals surface area contributed by atoms with E-state index in [1.54, 1.807) is 49.4 Å². The minimum absolute atomic E-state index is 0.0245. The lowest BCUT2D eigenvalue weighted by molar-refractivity contribution is -0.140. The van der Waals surface area contributed by atoms with Gasteiger partial charge in [0.05, 0.1) is 15.6 Å². The van der Waals surface area contributed by atoms with Crippen LogP contribution in [0.15, 0.2) is 83.8 Å². The Bertz CT molecular complexity index is 1390. The average molecular weight is 556 g/mol. The molecule has 0 fully saturated rings. The van der Waals surface area contributed by atoms with Crippen LogP contribution in [0.2, 0.25) is 5.02 Å². The first-order valence-electron chi connectivity index (χ1n) is 12.3. The number of nitrogens with one attached hydrogen (secondary N) is 1. The predicted molar refractivity (Wildman–Crippen MR) is 152 cm³/mol. The van der Waals surface area contributed by atoms with E-state index in [1.165, 1.54) is 17.0 Å². The van der Waals surface area contributed by atoms with Crippen molar-refractivity contribution in [1.82, 2.24) is 10.2 Å². The van der Waals surface area contributed by atoms with Crippen LogP contribution in [0.4, 0.5) is 5.69 Å². The van der Waals surface area contributed by atoms with Crippen molar-refractivity contribution in [1.29, 1.82) is 0 Å². The van der Waals surface area contributed by atoms with Gasteiger partial charge in [0, 0.05) is 12.1 Å². The van der Waals surface area contributed by atoms with Crippen molar-refractivity contribution in [3.8, 4) is 0 Å². The van der Waals surface area contributed by atoms with Gasteiger partial charge in [0.1, 0.15) is 12.6 Å². The SMILES string of the molecule is Cc1cccc(CN(C(=O)CN(c2ccccc2Cl)S(=O)(=O)c2ccccc2)C(C)C(=O)NC(C)(C)C)c1. The number of nitrogens with zero attached hydrogens (tertiary/aromatic N) is 2. The van der Waals surface area contributed by atoms with Gasteiger partial charge in [0.2, 0.25) is 11.8 Å². The van der Waals surface area contributed by atoms with Crippen molar-refractivity contribution >= 4 is 39.1 Å². The average Bonchev–Trinajstić information content (AvgIpc) is 2.85. The van der Waals surface area contributed by atoms with Crippen molar-refractivity contribution in [2.24, 2.45) is 0 Å². The number of hydrogen-bond acceptors (Lipinski definition) is 4. The molecule has 1 unspecified atom stereocenters. The molecule has 0 bridgehead atoms. The standard InChI is InChI=1S/C29H34ClN3O4S/c1-21-12-11-13-23(18-21)19-32(22(2)28(35)31-29(3,4)5)27(34)20-33(26-17-10-9-16-25(26)30)38(36,37)24-14-7-6-8-15-24/h6-18,22H,19-20H2,1-5H3,(H,31,35). The van der Waals surface area contributed by atoms with Crippen LogP contribution in [0, 0.1) is 6.92 Å². The summed E-state index contributed by atoms with van der Waals surface area (Å²) in [4.78, 5) is 28.5. The summed E-state index contributed by atoms with van der Waals surface area (Å²) in [5, 5.41) is 3.10. The van der Waals surface area contributed by atoms with Crippen molar-refractivity contribution in [3.63, 3.8) is 0 Å². The number of aryl methyl sites for hydroxylation is 1. The molecular weight excluding hydrogens is 522 g/mol. The van der Waals surface area contributed by atoms with Crippen LogP contribution in [0.5, 0.6) is 0 Å². The molecular formula is C29H34ClN3O4S. The predicted octanol–water partition coefficient (Wildman–Crippen LogP) is 5.18. The summed E-state index contributed by atoms with van der Waals surface area (Å²) in [6.07, 6.45) is 0. The number of carbonyl (C=O) groups excluding carboxylic acids is 2. The van der Waals surface area contributed by atoms with Crippen molar-refractivity contribution in [2.75, 3.05) is 10.8 Å². The number of carbonyl (C=O) groups is 2. The van der Waals surface area contributed by atoms with Gasteiger partial charge >= 0.3 is 0 Å². The zero-order valence-electron chi connectivity index (χ0n) is 22.3. The fourth-order valence-corrected chi connectivity index (χ4v) is 5.69. The second-order valence-electron chi connectivity index (χ2n) is 10.2. The normalized spacial score (nSPS) is 12.5. The summed E-state index contributed by atoms with van der Waals surface area (Å²) in [6, 6.07) is 21.1. The number of halogens is 1. The van der Waals surface area contributed by atoms with E-state index >= 15 is 0 Å². The Labute approximate surface area is 230 Å². The molecule has 3 aromatic rings. The van der Waals surface area contributed by atoms with Gasteiger partial charge < -0.3 is 10.2 Å². The molecule has 0 saturated heterocycles. The third-order valence-corrected chi connectivity index (χ3v) is 7.93. The second-order valence-corrected chi connectivity index (χ2v) is 12.5. The molecule has 3 aromatic carbocycles. The van der Waals surface area contributed by atoms with Crippen molar-refractivity contribution in [3.05, 3.63) is 95.0 Å². The van der Waals surface area contributed by atoms with Crippen LogP contribution in [0.25, 0.3) is 0 Å². The number of anilines is 1. The van der Waals surface area contributed by atoms with Gasteiger partial charge in [-0.3, -0.25) is 13.9 Å². The number of sulfonamides is 1. The zero-order chi connectivity index (χ0) is 28.1. The maximum atomic E-state index is 13.9. The Kier molecular flexibility index (Phi) is 9.22. The molecule has 0 heterocycles. The highest BCUT2D eigenvalue weighted by Crippen LogP contribution is 2.30. The van der Waals surface area contributed by atoms with Crippen molar-refractivity contribution < 1.29 is 18.0 Å². The highest BCUT2D eigenvalue weighted by atomic mass is 35.5. The molecule has 2 amide bonds. The Morgan fingerprint density at radius 3 is 2.18 bits per heavy atom. The third-order valence-electron chi connectivity index (χ3n) is 5.83. The Morgan fingerprint density at radius 2 is 1.58 bits per heavy atom. The molecule has 202 valence electrons. The highest BCUT2D eigenvalue weighted by Gasteiger charge is 2.34. The molecule has 3 rings (SSSR count). The number of para-hydroxylation sites is 1. The topological polar surface area (TPSA) is 86.8 Å². The lowest BCUT2D eigenvalue weighted by Gasteiger charge is -2.33. The molecule has 38 heavy (non-hydrogen) atoms. The molecule has 0 saturated carbocycles. The number of amides is 2. The smallest absolute Gasteiger partial charge is 0.264 e. The molecule has 1 atom stereocenters. The number of benzene rings is 3. The molecule has 9 heteroatoms. The van der Waals surface area contributed by atoms with Gasteiger partial charge in [-0.2, -0.15) is 0 Å². The summed E-state index contributed by atoms with van der Waals surface area (Å²) >= 11 is 6.41. The van der Waals surface area contributed by atoms with E-state index in [9.17, 15) is 18.0 Å². The van der Waals surface area contributed by atoms with Gasteiger partial charge in [-0.1, -0.05) is 71.8 Å². The van der Waals surface area contributed by atoms with E-state index in [2.05, 4.69) is 5.32 Å². The number of rotatable bonds is 9. The molecule has 0 aliphatic heterocycles. The van der Waals surface area contributed by atoms with E-state index in [1.807, 2.05) is 52.0 Å². The summed E-state index contributed by atoms with van der Waals surface area (Å²) < 4.78 is 28.5. The van der Waals surface area contributed by atoms with Crippen LogP contribution in [0.1, 0.15) is 38.8 Å². The first-order valence-corrected chi connectivity index (χ1v) is 14.1. The molecule has 0 aliphatic carbocycles. The summed E-state index contributed by atoms with van der Waals surface area (Å²) in [6.45, 7) is 8.74. The minimum Gasteiger partial charge on any atom is -0.350 e. The van der Waals surface area contributed by atoms with E-state index in [-0.39, 0.29) is 28.1 Å².